The number of aliphatic hydroxyl groups excluding tert-OH is 2. The fourth-order valence-electron chi connectivity index (χ4n) is 2.02. The molecule has 0 unspecified atom stereocenters. The minimum absolute atomic E-state index is 0.0203. The number of nitro benzene ring substituents is 1. The third kappa shape index (κ3) is 5.53. The summed E-state index contributed by atoms with van der Waals surface area (Å²) in [6.07, 6.45) is 3.72. The van der Waals surface area contributed by atoms with E-state index in [0.717, 1.165) is 25.7 Å². The van der Waals surface area contributed by atoms with Gasteiger partial charge in [-0.05, 0) is 24.5 Å². The molecule has 0 spiro atoms. The summed E-state index contributed by atoms with van der Waals surface area (Å²) in [5.74, 6) is 0. The van der Waals surface area contributed by atoms with E-state index in [9.17, 15) is 15.2 Å². The summed E-state index contributed by atoms with van der Waals surface area (Å²) < 4.78 is 0. The van der Waals surface area contributed by atoms with Crippen molar-refractivity contribution in [2.24, 2.45) is 0 Å². The molecule has 0 heterocycles. The van der Waals surface area contributed by atoms with Crippen LogP contribution in [0.4, 0.5) is 5.69 Å². The zero-order valence-electron chi connectivity index (χ0n) is 12.0. The minimum atomic E-state index is -0.465. The van der Waals surface area contributed by atoms with Crippen LogP contribution in [-0.4, -0.2) is 28.3 Å². The summed E-state index contributed by atoms with van der Waals surface area (Å²) in [4.78, 5) is 10.3. The summed E-state index contributed by atoms with van der Waals surface area (Å²) in [5.41, 5.74) is 1.73. The van der Waals surface area contributed by atoms with Crippen LogP contribution in [0.5, 0.6) is 0 Å². The Morgan fingerprint density at radius 2 is 1.95 bits per heavy atom. The van der Waals surface area contributed by atoms with Gasteiger partial charge in [0.05, 0.1) is 11.5 Å². The first kappa shape index (κ1) is 17.1. The van der Waals surface area contributed by atoms with Crippen LogP contribution in [0, 0.1) is 10.1 Å². The summed E-state index contributed by atoms with van der Waals surface area (Å²) in [7, 11) is 0. The summed E-state index contributed by atoms with van der Waals surface area (Å²) >= 11 is 0. The Hall–Kier alpha value is -1.92. The first-order chi connectivity index (χ1) is 10.1. The number of benzene rings is 1. The molecule has 116 valence electrons. The molecule has 21 heavy (non-hydrogen) atoms. The molecule has 0 aliphatic carbocycles. The average molecular weight is 294 g/mol. The number of hydrogen-bond acceptors (Lipinski definition) is 5. The van der Waals surface area contributed by atoms with Gasteiger partial charge in [0, 0.05) is 36.5 Å². The molecule has 0 saturated heterocycles. The van der Waals surface area contributed by atoms with Crippen LogP contribution in [0.25, 0.3) is 5.70 Å². The summed E-state index contributed by atoms with van der Waals surface area (Å²) in [6.45, 7) is 4.62. The van der Waals surface area contributed by atoms with Gasteiger partial charge in [0.2, 0.25) is 0 Å². The van der Waals surface area contributed by atoms with Crippen molar-refractivity contribution >= 4 is 11.4 Å². The number of nitrogens with one attached hydrogen (secondary N) is 1. The molecule has 0 atom stereocenters. The van der Waals surface area contributed by atoms with Gasteiger partial charge in [-0.2, -0.15) is 0 Å². The van der Waals surface area contributed by atoms with Gasteiger partial charge in [-0.3, -0.25) is 10.1 Å². The maximum absolute atomic E-state index is 10.8. The van der Waals surface area contributed by atoms with E-state index >= 15 is 0 Å². The van der Waals surface area contributed by atoms with Gasteiger partial charge in [-0.1, -0.05) is 19.4 Å². The highest BCUT2D eigenvalue weighted by Gasteiger charge is 2.12. The number of nitro groups is 1. The van der Waals surface area contributed by atoms with Crippen molar-refractivity contribution in [2.45, 2.75) is 32.3 Å². The largest absolute Gasteiger partial charge is 0.396 e. The van der Waals surface area contributed by atoms with Crippen molar-refractivity contribution in [3.63, 3.8) is 0 Å². The van der Waals surface area contributed by atoms with E-state index < -0.39 is 4.92 Å². The van der Waals surface area contributed by atoms with E-state index in [4.69, 9.17) is 5.11 Å². The number of hydrogen-bond donors (Lipinski definition) is 3. The average Bonchev–Trinajstić information content (AvgIpc) is 2.49. The van der Waals surface area contributed by atoms with Crippen LogP contribution in [0.3, 0.4) is 0 Å². The van der Waals surface area contributed by atoms with Gasteiger partial charge in [-0.25, -0.2) is 0 Å². The molecule has 1 rings (SSSR count). The third-order valence-electron chi connectivity index (χ3n) is 3.22. The lowest BCUT2D eigenvalue weighted by Gasteiger charge is -2.13. The second-order valence-electron chi connectivity index (χ2n) is 4.80. The topological polar surface area (TPSA) is 95.6 Å². The predicted molar refractivity (Wildman–Crippen MR) is 81.6 cm³/mol. The molecule has 0 amide bonds. The number of unbranched alkanes of at least 4 members (excludes halogenated alkanes) is 3. The molecule has 1 aromatic rings. The van der Waals surface area contributed by atoms with Gasteiger partial charge < -0.3 is 15.5 Å². The lowest BCUT2D eigenvalue weighted by molar-refractivity contribution is -0.384. The van der Waals surface area contributed by atoms with Gasteiger partial charge >= 0.3 is 0 Å². The maximum Gasteiger partial charge on any atom is 0.270 e. The van der Waals surface area contributed by atoms with Crippen molar-refractivity contribution in [1.82, 2.24) is 5.32 Å². The molecule has 0 saturated carbocycles. The Bertz CT molecular complexity index is 489. The SMILES string of the molecule is C=C(NCCCCCCO)c1cc([N+](=O)[O-])ccc1CO. The van der Waals surface area contributed by atoms with Crippen LogP contribution in [0.2, 0.25) is 0 Å². The fraction of sp³-hybridized carbons (Fsp3) is 0.467. The van der Waals surface area contributed by atoms with E-state index in [1.165, 1.54) is 12.1 Å². The van der Waals surface area contributed by atoms with Crippen LogP contribution in [-0.2, 0) is 6.61 Å². The number of rotatable bonds is 10. The highest BCUT2D eigenvalue weighted by atomic mass is 16.6. The molecule has 0 bridgehead atoms. The van der Waals surface area contributed by atoms with Crippen LogP contribution in [0.15, 0.2) is 24.8 Å². The van der Waals surface area contributed by atoms with E-state index in [1.54, 1.807) is 6.07 Å². The Morgan fingerprint density at radius 3 is 2.57 bits per heavy atom. The Morgan fingerprint density at radius 1 is 1.24 bits per heavy atom. The highest BCUT2D eigenvalue weighted by molar-refractivity contribution is 5.67. The van der Waals surface area contributed by atoms with Gasteiger partial charge in [0.1, 0.15) is 0 Å². The quantitative estimate of drug-likeness (QED) is 0.349. The predicted octanol–water partition coefficient (Wildman–Crippen LogP) is 2.20. The molecule has 0 aliphatic heterocycles. The van der Waals surface area contributed by atoms with Crippen molar-refractivity contribution in [3.8, 4) is 0 Å². The second kappa shape index (κ2) is 9.10. The zero-order chi connectivity index (χ0) is 15.7. The van der Waals surface area contributed by atoms with Crippen LogP contribution in [0.1, 0.15) is 36.8 Å². The van der Waals surface area contributed by atoms with E-state index in [-0.39, 0.29) is 18.9 Å². The van der Waals surface area contributed by atoms with Crippen LogP contribution < -0.4 is 5.32 Å². The number of nitrogens with zero attached hydrogens (tertiary/aromatic N) is 1. The molecular formula is C15H22N2O4. The Labute approximate surface area is 124 Å². The zero-order valence-corrected chi connectivity index (χ0v) is 12.0. The van der Waals surface area contributed by atoms with Gasteiger partial charge in [0.25, 0.3) is 5.69 Å². The Balaban J connectivity index is 2.59. The van der Waals surface area contributed by atoms with Crippen LogP contribution >= 0.6 is 0 Å². The molecule has 0 fully saturated rings. The Kier molecular flexibility index (Phi) is 7.42. The molecular weight excluding hydrogens is 272 g/mol. The monoisotopic (exact) mass is 294 g/mol. The second-order valence-corrected chi connectivity index (χ2v) is 4.80. The normalized spacial score (nSPS) is 10.4. The molecule has 0 aliphatic rings. The number of non-ortho nitro benzene ring substituents is 1. The third-order valence-corrected chi connectivity index (χ3v) is 3.22. The standard InChI is InChI=1S/C15H22N2O4/c1-12(16-8-4-2-3-5-9-18)15-10-14(17(20)21)7-6-13(15)11-19/h6-7,10,16,18-19H,1-5,8-9,11H2. The van der Waals surface area contributed by atoms with Crippen molar-refractivity contribution < 1.29 is 15.1 Å². The highest BCUT2D eigenvalue weighted by Crippen LogP contribution is 2.22. The van der Waals surface area contributed by atoms with E-state index in [1.807, 2.05) is 0 Å². The molecule has 3 N–H and O–H groups in total. The first-order valence-corrected chi connectivity index (χ1v) is 7.02. The first-order valence-electron chi connectivity index (χ1n) is 7.02. The molecule has 6 heteroatoms. The molecule has 0 aromatic heterocycles. The molecule has 0 radical (unpaired) electrons. The minimum Gasteiger partial charge on any atom is -0.396 e. The lowest BCUT2D eigenvalue weighted by Crippen LogP contribution is -2.14. The van der Waals surface area contributed by atoms with Crippen molar-refractivity contribution in [2.75, 3.05) is 13.2 Å². The summed E-state index contributed by atoms with van der Waals surface area (Å²) in [5, 5.41) is 31.9. The maximum atomic E-state index is 10.8. The molecule has 6 nitrogen and oxygen atoms in total. The van der Waals surface area contributed by atoms with E-state index in [0.29, 0.717) is 23.4 Å². The molecule has 1 aromatic carbocycles. The van der Waals surface area contributed by atoms with Crippen molar-refractivity contribution in [3.05, 3.63) is 46.0 Å². The van der Waals surface area contributed by atoms with Gasteiger partial charge in [0.15, 0.2) is 0 Å². The summed E-state index contributed by atoms with van der Waals surface area (Å²) in [6, 6.07) is 4.34. The number of aliphatic hydroxyl groups is 2. The van der Waals surface area contributed by atoms with Gasteiger partial charge in [-0.15, -0.1) is 0 Å². The van der Waals surface area contributed by atoms with E-state index in [2.05, 4.69) is 11.9 Å². The van der Waals surface area contributed by atoms with Crippen molar-refractivity contribution in [1.29, 1.82) is 0 Å². The lowest BCUT2D eigenvalue weighted by atomic mass is 10.0. The fourth-order valence-corrected chi connectivity index (χ4v) is 2.02. The smallest absolute Gasteiger partial charge is 0.270 e.